The van der Waals surface area contributed by atoms with Crippen LogP contribution in [0.1, 0.15) is 29.0 Å². The van der Waals surface area contributed by atoms with Crippen LogP contribution in [0.25, 0.3) is 11.8 Å². The predicted molar refractivity (Wildman–Crippen MR) is 111 cm³/mol. The number of amides is 1. The van der Waals surface area contributed by atoms with E-state index in [0.29, 0.717) is 5.75 Å². The molecule has 2 aliphatic rings. The highest BCUT2D eigenvalue weighted by molar-refractivity contribution is 7.99. The maximum absolute atomic E-state index is 11.7. The number of rotatable bonds is 3. The number of ether oxygens (including phenoxy) is 1. The lowest BCUT2D eigenvalue weighted by Gasteiger charge is -2.26. The molecule has 5 rings (SSSR count). The highest BCUT2D eigenvalue weighted by Gasteiger charge is 2.28. The maximum Gasteiger partial charge on any atom is 0.262 e. The third-order valence-corrected chi connectivity index (χ3v) is 6.22. The van der Waals surface area contributed by atoms with Gasteiger partial charge in [-0.1, -0.05) is 55.1 Å². The predicted octanol–water partition coefficient (Wildman–Crippen LogP) is 4.62. The zero-order chi connectivity index (χ0) is 19.1. The Balaban J connectivity index is 1.63. The summed E-state index contributed by atoms with van der Waals surface area (Å²) in [5.41, 5.74) is 5.26. The monoisotopic (exact) mass is 389 g/mol. The van der Waals surface area contributed by atoms with Crippen LogP contribution in [-0.2, 0) is 11.2 Å². The van der Waals surface area contributed by atoms with E-state index >= 15 is 0 Å². The Kier molecular flexibility index (Phi) is 4.20. The average molecular weight is 389 g/mol. The highest BCUT2D eigenvalue weighted by atomic mass is 32.2. The molecule has 6 heteroatoms. The van der Waals surface area contributed by atoms with Crippen molar-refractivity contribution in [2.24, 2.45) is 0 Å². The van der Waals surface area contributed by atoms with Crippen LogP contribution in [0.4, 0.5) is 5.69 Å². The molecule has 28 heavy (non-hydrogen) atoms. The minimum Gasteiger partial charge on any atom is -0.482 e. The Morgan fingerprint density at radius 1 is 1.25 bits per heavy atom. The van der Waals surface area contributed by atoms with Gasteiger partial charge in [-0.15, -0.1) is 0 Å². The van der Waals surface area contributed by atoms with Gasteiger partial charge in [0.1, 0.15) is 5.75 Å². The number of hydrogen-bond donors (Lipinski definition) is 1. The van der Waals surface area contributed by atoms with E-state index in [9.17, 15) is 4.79 Å². The van der Waals surface area contributed by atoms with Crippen LogP contribution < -0.4 is 10.1 Å². The minimum atomic E-state index is -0.124. The first-order valence-corrected chi connectivity index (χ1v) is 10.2. The number of carbonyl (C=O) groups excluding carboxylic acids is 1. The molecular formula is C22H19N3O2S. The average Bonchev–Trinajstić information content (AvgIpc) is 3.15. The zero-order valence-electron chi connectivity index (χ0n) is 15.4. The lowest BCUT2D eigenvalue weighted by molar-refractivity contribution is -0.118. The van der Waals surface area contributed by atoms with Crippen LogP contribution in [0.5, 0.6) is 5.75 Å². The van der Waals surface area contributed by atoms with Crippen LogP contribution in [-0.4, -0.2) is 22.1 Å². The second-order valence-corrected chi connectivity index (χ2v) is 7.89. The van der Waals surface area contributed by atoms with Gasteiger partial charge in [0.05, 0.1) is 16.6 Å². The van der Waals surface area contributed by atoms with Gasteiger partial charge in [-0.25, -0.2) is 4.98 Å². The fourth-order valence-corrected chi connectivity index (χ4v) is 4.75. The quantitative estimate of drug-likeness (QED) is 0.710. The van der Waals surface area contributed by atoms with Gasteiger partial charge in [-0.05, 0) is 35.3 Å². The Morgan fingerprint density at radius 2 is 2.11 bits per heavy atom. The molecule has 1 N–H and O–H groups in total. The molecule has 1 atom stereocenters. The summed E-state index contributed by atoms with van der Waals surface area (Å²) in [5.74, 6) is 0.584. The number of carbonyl (C=O) groups is 1. The van der Waals surface area contributed by atoms with Crippen molar-refractivity contribution in [1.82, 2.24) is 9.55 Å². The van der Waals surface area contributed by atoms with Crippen molar-refractivity contribution in [3.8, 4) is 5.75 Å². The van der Waals surface area contributed by atoms with Crippen LogP contribution in [0.15, 0.2) is 59.9 Å². The molecule has 1 unspecified atom stereocenters. The Labute approximate surface area is 167 Å². The van der Waals surface area contributed by atoms with Crippen LogP contribution in [0.2, 0.25) is 0 Å². The summed E-state index contributed by atoms with van der Waals surface area (Å²) in [5, 5.41) is 4.04. The molecule has 0 spiro atoms. The molecule has 140 valence electrons. The van der Waals surface area contributed by atoms with E-state index in [4.69, 9.17) is 9.72 Å². The number of benzene rings is 2. The van der Waals surface area contributed by atoms with Gasteiger partial charge in [0.15, 0.2) is 11.8 Å². The van der Waals surface area contributed by atoms with E-state index in [0.717, 1.165) is 28.5 Å². The Morgan fingerprint density at radius 3 is 2.93 bits per heavy atom. The van der Waals surface area contributed by atoms with Crippen molar-refractivity contribution in [1.29, 1.82) is 0 Å². The Bertz CT molecular complexity index is 1090. The van der Waals surface area contributed by atoms with Gasteiger partial charge in [0.2, 0.25) is 0 Å². The van der Waals surface area contributed by atoms with E-state index in [1.807, 2.05) is 18.2 Å². The standard InChI is InChI=1S/C22H19N3O2S/c1-2-16-11-25-12-17(15-8-9-19-18(10-15)24-20(26)13-27-19)21(28-22(25)23-16)14-6-4-3-5-7-14/h3-12,21H,2,13H2,1H3,(H,24,26). The summed E-state index contributed by atoms with van der Waals surface area (Å²) >= 11 is 1.75. The van der Waals surface area contributed by atoms with Crippen LogP contribution in [0, 0.1) is 0 Å². The molecule has 0 bridgehead atoms. The molecule has 0 aliphatic carbocycles. The molecule has 3 heterocycles. The number of fused-ring (bicyclic) bond motifs is 2. The van der Waals surface area contributed by atoms with Gasteiger partial charge >= 0.3 is 0 Å². The maximum atomic E-state index is 11.7. The van der Waals surface area contributed by atoms with E-state index in [1.165, 1.54) is 11.1 Å². The first-order chi connectivity index (χ1) is 13.7. The number of thioether (sulfide) groups is 1. The van der Waals surface area contributed by atoms with E-state index in [-0.39, 0.29) is 17.8 Å². The number of hydrogen-bond acceptors (Lipinski definition) is 4. The SMILES string of the molecule is CCc1cn2c(n1)SC(c1ccccc1)C(c1ccc3c(c1)NC(=O)CO3)=C2. The number of anilines is 1. The van der Waals surface area contributed by atoms with E-state index in [2.05, 4.69) is 59.5 Å². The largest absolute Gasteiger partial charge is 0.482 e. The molecule has 2 aliphatic heterocycles. The fourth-order valence-electron chi connectivity index (χ4n) is 3.53. The van der Waals surface area contributed by atoms with Gasteiger partial charge < -0.3 is 14.6 Å². The molecule has 0 saturated carbocycles. The smallest absolute Gasteiger partial charge is 0.262 e. The third kappa shape index (κ3) is 2.99. The van der Waals surface area contributed by atoms with Crippen molar-refractivity contribution in [2.45, 2.75) is 23.8 Å². The topological polar surface area (TPSA) is 56.2 Å². The molecule has 0 saturated heterocycles. The van der Waals surface area contributed by atoms with Gasteiger partial charge in [0, 0.05) is 12.4 Å². The second-order valence-electron chi connectivity index (χ2n) is 6.82. The fraction of sp³-hybridized carbons (Fsp3) is 0.182. The van der Waals surface area contributed by atoms with Crippen LogP contribution >= 0.6 is 11.8 Å². The molecule has 2 aromatic carbocycles. The lowest BCUT2D eigenvalue weighted by Crippen LogP contribution is -2.25. The minimum absolute atomic E-state index is 0.0652. The Hall–Kier alpha value is -2.99. The summed E-state index contributed by atoms with van der Waals surface area (Å²) < 4.78 is 7.62. The summed E-state index contributed by atoms with van der Waals surface area (Å²) in [6.45, 7) is 2.18. The van der Waals surface area contributed by atoms with Crippen LogP contribution in [0.3, 0.4) is 0 Å². The van der Waals surface area contributed by atoms with Crippen molar-refractivity contribution in [3.63, 3.8) is 0 Å². The molecule has 5 nitrogen and oxygen atoms in total. The summed E-state index contributed by atoms with van der Waals surface area (Å²) in [7, 11) is 0. The molecule has 0 fully saturated rings. The van der Waals surface area contributed by atoms with Crippen molar-refractivity contribution >= 4 is 35.1 Å². The molecular weight excluding hydrogens is 370 g/mol. The number of nitrogens with zero attached hydrogens (tertiary/aromatic N) is 2. The normalized spacial score (nSPS) is 17.8. The molecule has 3 aromatic rings. The van der Waals surface area contributed by atoms with Crippen molar-refractivity contribution < 1.29 is 9.53 Å². The number of imidazole rings is 1. The van der Waals surface area contributed by atoms with Gasteiger partial charge in [-0.3, -0.25) is 4.79 Å². The first-order valence-electron chi connectivity index (χ1n) is 9.29. The second kappa shape index (κ2) is 6.87. The van der Waals surface area contributed by atoms with E-state index < -0.39 is 0 Å². The van der Waals surface area contributed by atoms with E-state index in [1.54, 1.807) is 11.8 Å². The summed E-state index contributed by atoms with van der Waals surface area (Å²) in [6.07, 6.45) is 5.15. The summed E-state index contributed by atoms with van der Waals surface area (Å²) in [6, 6.07) is 16.4. The van der Waals surface area contributed by atoms with Crippen molar-refractivity contribution in [2.75, 3.05) is 11.9 Å². The first kappa shape index (κ1) is 17.1. The van der Waals surface area contributed by atoms with Crippen molar-refractivity contribution in [3.05, 3.63) is 71.5 Å². The van der Waals surface area contributed by atoms with Gasteiger partial charge in [-0.2, -0.15) is 0 Å². The molecule has 1 aromatic heterocycles. The molecule has 0 radical (unpaired) electrons. The molecule has 1 amide bonds. The highest BCUT2D eigenvalue weighted by Crippen LogP contribution is 2.48. The van der Waals surface area contributed by atoms with Gasteiger partial charge in [0.25, 0.3) is 5.91 Å². The summed E-state index contributed by atoms with van der Waals surface area (Å²) in [4.78, 5) is 16.5. The number of nitrogens with one attached hydrogen (secondary N) is 1. The number of aromatic nitrogens is 2. The zero-order valence-corrected chi connectivity index (χ0v) is 16.2. The number of aryl methyl sites for hydroxylation is 1. The lowest BCUT2D eigenvalue weighted by atomic mass is 9.97. The third-order valence-electron chi connectivity index (χ3n) is 4.94.